The number of nitrogens with one attached hydrogen (secondary N) is 1. The molecular formula is C30H27ClF4N10O6. The van der Waals surface area contributed by atoms with Gasteiger partial charge in [-0.15, -0.1) is 0 Å². The summed E-state index contributed by atoms with van der Waals surface area (Å²) >= 11 is 5.46. The first-order valence-electron chi connectivity index (χ1n) is 14.1. The first-order valence-corrected chi connectivity index (χ1v) is 14.5. The molecule has 0 spiro atoms. The van der Waals surface area contributed by atoms with Crippen molar-refractivity contribution in [1.29, 1.82) is 10.5 Å². The van der Waals surface area contributed by atoms with E-state index in [2.05, 4.69) is 15.3 Å². The summed E-state index contributed by atoms with van der Waals surface area (Å²) in [5.74, 6) is -7.89. The van der Waals surface area contributed by atoms with Gasteiger partial charge < -0.3 is 21.5 Å². The molecule has 0 saturated carbocycles. The molecule has 0 saturated heterocycles. The van der Waals surface area contributed by atoms with Crippen molar-refractivity contribution in [2.75, 3.05) is 18.4 Å². The summed E-state index contributed by atoms with van der Waals surface area (Å²) in [5.41, 5.74) is 1.74. The van der Waals surface area contributed by atoms with Gasteiger partial charge in [-0.25, -0.2) is 9.97 Å². The van der Waals surface area contributed by atoms with Crippen LogP contribution < -0.4 is 31.6 Å². The van der Waals surface area contributed by atoms with Crippen LogP contribution in [-0.2, 0) is 34.5 Å². The average molecular weight is 735 g/mol. The summed E-state index contributed by atoms with van der Waals surface area (Å²) in [6.07, 6.45) is 4.11. The van der Waals surface area contributed by atoms with Crippen molar-refractivity contribution >= 4 is 29.0 Å². The fourth-order valence-electron chi connectivity index (χ4n) is 3.82. The number of carbonyl (C=O) groups is 2. The minimum absolute atomic E-state index is 0.0228. The minimum Gasteiger partial charge on any atom is -0.618 e. The van der Waals surface area contributed by atoms with Crippen molar-refractivity contribution < 1.29 is 36.6 Å². The molecule has 0 aliphatic rings. The van der Waals surface area contributed by atoms with Crippen molar-refractivity contribution in [2.45, 2.75) is 38.8 Å². The molecule has 3 N–H and O–H groups in total. The highest BCUT2D eigenvalue weighted by atomic mass is 35.5. The third kappa shape index (κ3) is 11.1. The number of alkyl halides is 4. The number of pyridine rings is 2. The number of hydrogen-bond donors (Lipinski definition) is 2. The van der Waals surface area contributed by atoms with E-state index >= 15 is 0 Å². The molecule has 0 radical (unpaired) electrons. The molecule has 268 valence electrons. The van der Waals surface area contributed by atoms with E-state index in [4.69, 9.17) is 27.9 Å². The minimum atomic E-state index is -3.57. The second-order valence-electron chi connectivity index (χ2n) is 10.1. The Kier molecular flexibility index (Phi) is 14.4. The van der Waals surface area contributed by atoms with Crippen molar-refractivity contribution in [3.8, 4) is 12.1 Å². The van der Waals surface area contributed by atoms with Gasteiger partial charge in [0.25, 0.3) is 22.5 Å². The highest BCUT2D eigenvalue weighted by Crippen LogP contribution is 2.25. The Bertz CT molecular complexity index is 2100. The molecule has 4 rings (SSSR count). The normalized spacial score (nSPS) is 10.7. The van der Waals surface area contributed by atoms with Gasteiger partial charge in [0.05, 0.1) is 38.6 Å². The predicted molar refractivity (Wildman–Crippen MR) is 169 cm³/mol. The van der Waals surface area contributed by atoms with Crippen LogP contribution in [0.3, 0.4) is 0 Å². The number of aromatic nitrogens is 6. The van der Waals surface area contributed by atoms with E-state index in [0.717, 1.165) is 46.1 Å². The van der Waals surface area contributed by atoms with E-state index in [-0.39, 0.29) is 44.9 Å². The number of ketones is 2. The van der Waals surface area contributed by atoms with E-state index in [1.807, 2.05) is 0 Å². The molecular weight excluding hydrogens is 708 g/mol. The molecule has 4 aromatic rings. The lowest BCUT2D eigenvalue weighted by Gasteiger charge is -2.16. The van der Waals surface area contributed by atoms with Crippen LogP contribution in [0.5, 0.6) is 0 Å². The van der Waals surface area contributed by atoms with Gasteiger partial charge in [0, 0.05) is 24.3 Å². The van der Waals surface area contributed by atoms with Crippen LogP contribution in [0.2, 0.25) is 5.15 Å². The van der Waals surface area contributed by atoms with Crippen molar-refractivity contribution in [3.63, 3.8) is 0 Å². The van der Waals surface area contributed by atoms with Crippen molar-refractivity contribution in [2.24, 2.45) is 5.73 Å². The molecule has 0 amide bonds. The number of nitriles is 2. The SMILES string of the molecule is CC(=O)Cn1c(C#N)cnc(Cl)c1=O.CC(=O)Cn1c(C#N)cnc(NCC(F)(F)c2cccc[n+]2[O-])c1=O.NCC(F)(F)c1cccc[n+]1[O-]. The molecule has 0 fully saturated rings. The lowest BCUT2D eigenvalue weighted by Crippen LogP contribution is -2.41. The Morgan fingerprint density at radius 3 is 1.75 bits per heavy atom. The molecule has 0 unspecified atom stereocenters. The third-order valence-corrected chi connectivity index (χ3v) is 6.45. The molecule has 0 aliphatic heterocycles. The van der Waals surface area contributed by atoms with Crippen LogP contribution in [-0.4, -0.2) is 43.8 Å². The summed E-state index contributed by atoms with van der Waals surface area (Å²) in [4.78, 5) is 52.8. The standard InChI is InChI=1S/C15H13F2N5O3.C8H6ClN3O2.C7H8F2N2O/c1-10(23)8-21-11(6-18)7-19-13(14(21)24)20-9-15(16,17)12-4-2-3-5-22(12)25;1-5(13)4-12-6(2-10)3-11-7(9)8(12)14;8-7(9,5-10)6-3-1-2-4-11(6)12/h2-5,7H,8-9H2,1H3,(H,19,20);3H,4H2,1H3;1-4H,5,10H2. The first-order chi connectivity index (χ1) is 23.9. The van der Waals surface area contributed by atoms with E-state index < -0.39 is 59.0 Å². The molecule has 0 aliphatic carbocycles. The summed E-state index contributed by atoms with van der Waals surface area (Å²) < 4.78 is 55.9. The molecule has 0 bridgehead atoms. The number of nitrogens with zero attached hydrogens (tertiary/aromatic N) is 8. The number of anilines is 1. The maximum Gasteiger partial charge on any atom is 0.347 e. The smallest absolute Gasteiger partial charge is 0.347 e. The molecule has 21 heteroatoms. The molecule has 0 aromatic carbocycles. The lowest BCUT2D eigenvalue weighted by atomic mass is 10.2. The predicted octanol–water partition coefficient (Wildman–Crippen LogP) is 1.27. The molecule has 4 aromatic heterocycles. The van der Waals surface area contributed by atoms with Gasteiger partial charge in [0.15, 0.2) is 23.4 Å². The number of nitrogens with two attached hydrogens (primary N) is 1. The van der Waals surface area contributed by atoms with Gasteiger partial charge in [-0.1, -0.05) is 11.6 Å². The maximum absolute atomic E-state index is 14.2. The van der Waals surface area contributed by atoms with Gasteiger partial charge >= 0.3 is 11.8 Å². The number of Topliss-reactive ketones (excluding diaryl/α,β-unsaturated/α-hetero) is 2. The zero-order valence-corrected chi connectivity index (χ0v) is 27.4. The number of carbonyl (C=O) groups excluding carboxylic acids is 2. The molecule has 51 heavy (non-hydrogen) atoms. The van der Waals surface area contributed by atoms with Crippen LogP contribution in [0, 0.1) is 33.1 Å². The molecule has 16 nitrogen and oxygen atoms in total. The second kappa shape index (κ2) is 17.9. The topological polar surface area (TPSA) is 243 Å². The van der Waals surface area contributed by atoms with Gasteiger partial charge in [-0.3, -0.25) is 28.3 Å². The van der Waals surface area contributed by atoms with E-state index in [9.17, 15) is 47.2 Å². The fourth-order valence-corrected chi connectivity index (χ4v) is 3.97. The summed E-state index contributed by atoms with van der Waals surface area (Å²) in [5, 5.41) is 41.8. The van der Waals surface area contributed by atoms with E-state index in [1.165, 1.54) is 38.1 Å². The third-order valence-electron chi connectivity index (χ3n) is 6.19. The van der Waals surface area contributed by atoms with Gasteiger partial charge in [0.1, 0.15) is 35.1 Å². The van der Waals surface area contributed by atoms with Crippen molar-refractivity contribution in [3.05, 3.63) is 120 Å². The largest absolute Gasteiger partial charge is 0.618 e. The van der Waals surface area contributed by atoms with Crippen LogP contribution in [0.25, 0.3) is 0 Å². The van der Waals surface area contributed by atoms with Gasteiger partial charge in [-0.05, 0) is 26.0 Å². The summed E-state index contributed by atoms with van der Waals surface area (Å²) in [6, 6.07) is 10.8. The second-order valence-corrected chi connectivity index (χ2v) is 10.5. The van der Waals surface area contributed by atoms with Crippen LogP contribution >= 0.6 is 11.6 Å². The Labute approximate surface area is 290 Å². The van der Waals surface area contributed by atoms with Crippen LogP contribution in [0.4, 0.5) is 23.4 Å². The molecule has 4 heterocycles. The number of halogens is 5. The highest BCUT2D eigenvalue weighted by Gasteiger charge is 2.39. The highest BCUT2D eigenvalue weighted by molar-refractivity contribution is 6.29. The Morgan fingerprint density at radius 2 is 1.31 bits per heavy atom. The average Bonchev–Trinajstić information content (AvgIpc) is 3.08. The quantitative estimate of drug-likeness (QED) is 0.133. The Hall–Kier alpha value is -6.25. The van der Waals surface area contributed by atoms with E-state index in [1.54, 1.807) is 12.1 Å². The maximum atomic E-state index is 14.2. The Balaban J connectivity index is 0.000000292. The van der Waals surface area contributed by atoms with Crippen LogP contribution in [0.1, 0.15) is 36.6 Å². The Morgan fingerprint density at radius 1 is 0.863 bits per heavy atom. The van der Waals surface area contributed by atoms with E-state index in [0.29, 0.717) is 0 Å². The summed E-state index contributed by atoms with van der Waals surface area (Å²) in [7, 11) is 0. The zero-order chi connectivity index (χ0) is 38.5. The van der Waals surface area contributed by atoms with Gasteiger partial charge in [0.2, 0.25) is 0 Å². The van der Waals surface area contributed by atoms with Gasteiger partial charge in [-0.2, -0.15) is 37.5 Å². The van der Waals surface area contributed by atoms with Crippen LogP contribution in [0.15, 0.2) is 70.8 Å². The zero-order valence-electron chi connectivity index (χ0n) is 26.6. The summed E-state index contributed by atoms with van der Waals surface area (Å²) in [6.45, 7) is 0.0743. The number of hydrogen-bond acceptors (Lipinski definition) is 12. The monoisotopic (exact) mass is 734 g/mol. The molecule has 0 atom stereocenters. The lowest BCUT2D eigenvalue weighted by molar-refractivity contribution is -0.624. The fraction of sp³-hybridized carbons (Fsp3) is 0.267. The number of rotatable bonds is 10. The first kappa shape index (κ1) is 40.9. The van der Waals surface area contributed by atoms with Crippen molar-refractivity contribution in [1.82, 2.24) is 19.1 Å².